The zero-order valence-corrected chi connectivity index (χ0v) is 13.0. The summed E-state index contributed by atoms with van der Waals surface area (Å²) in [4.78, 5) is 24.4. The second-order valence-corrected chi connectivity index (χ2v) is 5.80. The van der Waals surface area contributed by atoms with Crippen molar-refractivity contribution >= 4 is 17.5 Å². The third-order valence-corrected chi connectivity index (χ3v) is 4.12. The van der Waals surface area contributed by atoms with Crippen molar-refractivity contribution in [1.29, 1.82) is 0 Å². The van der Waals surface area contributed by atoms with Crippen LogP contribution >= 0.6 is 0 Å². The molecule has 0 bridgehead atoms. The fourth-order valence-electron chi connectivity index (χ4n) is 2.82. The van der Waals surface area contributed by atoms with Crippen LogP contribution in [0.2, 0.25) is 0 Å². The van der Waals surface area contributed by atoms with Crippen LogP contribution in [-0.4, -0.2) is 11.8 Å². The van der Waals surface area contributed by atoms with Gasteiger partial charge in [0, 0.05) is 12.1 Å². The summed E-state index contributed by atoms with van der Waals surface area (Å²) in [5.41, 5.74) is 1.82. The molecule has 1 aliphatic heterocycles. The molecule has 2 aromatic rings. The molecule has 4 nitrogen and oxygen atoms in total. The van der Waals surface area contributed by atoms with Gasteiger partial charge in [0.2, 0.25) is 11.8 Å². The number of amides is 2. The summed E-state index contributed by atoms with van der Waals surface area (Å²) in [6.45, 7) is 1.68. The molecule has 0 saturated carbocycles. The third kappa shape index (κ3) is 3.13. The van der Waals surface area contributed by atoms with Crippen molar-refractivity contribution in [2.24, 2.45) is 0 Å². The van der Waals surface area contributed by atoms with Gasteiger partial charge < -0.3 is 10.6 Å². The number of rotatable bonds is 3. The van der Waals surface area contributed by atoms with E-state index in [1.165, 1.54) is 6.07 Å². The Morgan fingerprint density at radius 2 is 1.96 bits per heavy atom. The standard InChI is InChI=1S/C18H16F2N2O2/c1-10(11-6-7-14(19)15(20)8-11)21-18(24)13-9-17(23)22-16-5-3-2-4-12(13)16/h2-8,10,13H,9H2,1H3,(H,21,24)(H,22,23). The minimum Gasteiger partial charge on any atom is -0.349 e. The van der Waals surface area contributed by atoms with Crippen molar-refractivity contribution in [3.63, 3.8) is 0 Å². The Bertz CT molecular complexity index is 807. The van der Waals surface area contributed by atoms with Gasteiger partial charge in [-0.2, -0.15) is 0 Å². The lowest BCUT2D eigenvalue weighted by atomic mass is 9.89. The van der Waals surface area contributed by atoms with Crippen molar-refractivity contribution in [3.8, 4) is 0 Å². The summed E-state index contributed by atoms with van der Waals surface area (Å²) in [5, 5.41) is 5.50. The summed E-state index contributed by atoms with van der Waals surface area (Å²) >= 11 is 0. The number of nitrogens with one attached hydrogen (secondary N) is 2. The van der Waals surface area contributed by atoms with Crippen molar-refractivity contribution < 1.29 is 18.4 Å². The topological polar surface area (TPSA) is 58.2 Å². The van der Waals surface area contributed by atoms with Gasteiger partial charge in [0.15, 0.2) is 11.6 Å². The largest absolute Gasteiger partial charge is 0.349 e. The number of hydrogen-bond acceptors (Lipinski definition) is 2. The molecule has 3 rings (SSSR count). The third-order valence-electron chi connectivity index (χ3n) is 4.12. The van der Waals surface area contributed by atoms with Gasteiger partial charge in [0.25, 0.3) is 0 Å². The predicted octanol–water partition coefficient (Wildman–Crippen LogP) is 3.27. The minimum absolute atomic E-state index is 0.0490. The number of hydrogen-bond donors (Lipinski definition) is 2. The number of carbonyl (C=O) groups excluding carboxylic acids is 2. The Labute approximate surface area is 137 Å². The van der Waals surface area contributed by atoms with Crippen LogP contribution in [-0.2, 0) is 9.59 Å². The lowest BCUT2D eigenvalue weighted by molar-refractivity contribution is -0.126. The lowest BCUT2D eigenvalue weighted by Gasteiger charge is -2.26. The molecule has 2 N–H and O–H groups in total. The number of para-hydroxylation sites is 1. The second-order valence-electron chi connectivity index (χ2n) is 5.80. The van der Waals surface area contributed by atoms with Crippen molar-refractivity contribution in [3.05, 3.63) is 65.2 Å². The molecule has 24 heavy (non-hydrogen) atoms. The first kappa shape index (κ1) is 16.1. The van der Waals surface area contributed by atoms with Crippen LogP contribution in [0, 0.1) is 11.6 Å². The molecule has 0 radical (unpaired) electrons. The lowest BCUT2D eigenvalue weighted by Crippen LogP contribution is -2.36. The molecule has 0 fully saturated rings. The van der Waals surface area contributed by atoms with E-state index >= 15 is 0 Å². The van der Waals surface area contributed by atoms with E-state index in [2.05, 4.69) is 10.6 Å². The summed E-state index contributed by atoms with van der Waals surface area (Å²) in [6, 6.07) is 10.1. The van der Waals surface area contributed by atoms with E-state index in [9.17, 15) is 18.4 Å². The molecule has 0 aromatic heterocycles. The molecule has 124 valence electrons. The number of fused-ring (bicyclic) bond motifs is 1. The van der Waals surface area contributed by atoms with Crippen LogP contribution in [0.25, 0.3) is 0 Å². The molecule has 2 aromatic carbocycles. The highest BCUT2D eigenvalue weighted by atomic mass is 19.2. The van der Waals surface area contributed by atoms with E-state index in [0.29, 0.717) is 11.3 Å². The first-order valence-corrected chi connectivity index (χ1v) is 7.60. The zero-order chi connectivity index (χ0) is 17.3. The molecule has 0 saturated heterocycles. The van der Waals surface area contributed by atoms with Crippen LogP contribution in [0.4, 0.5) is 14.5 Å². The Balaban J connectivity index is 1.79. The van der Waals surface area contributed by atoms with Gasteiger partial charge in [-0.05, 0) is 36.2 Å². The maximum atomic E-state index is 13.3. The Morgan fingerprint density at radius 3 is 2.71 bits per heavy atom. The predicted molar refractivity (Wildman–Crippen MR) is 85.3 cm³/mol. The van der Waals surface area contributed by atoms with Crippen molar-refractivity contribution in [1.82, 2.24) is 5.32 Å². The average molecular weight is 330 g/mol. The minimum atomic E-state index is -0.962. The van der Waals surface area contributed by atoms with Gasteiger partial charge >= 0.3 is 0 Å². The molecule has 1 aliphatic rings. The molecule has 2 atom stereocenters. The highest BCUT2D eigenvalue weighted by Crippen LogP contribution is 2.32. The van der Waals surface area contributed by atoms with Gasteiger partial charge in [-0.1, -0.05) is 24.3 Å². The molecule has 2 unspecified atom stereocenters. The number of carbonyl (C=O) groups is 2. The molecule has 1 heterocycles. The molecule has 0 spiro atoms. The van der Waals surface area contributed by atoms with Gasteiger partial charge in [-0.3, -0.25) is 9.59 Å². The SMILES string of the molecule is CC(NC(=O)C1CC(=O)Nc2ccccc21)c1ccc(F)c(F)c1. The fourth-order valence-corrected chi connectivity index (χ4v) is 2.82. The number of halogens is 2. The Hall–Kier alpha value is -2.76. The quantitative estimate of drug-likeness (QED) is 0.907. The highest BCUT2D eigenvalue weighted by Gasteiger charge is 2.31. The molecule has 6 heteroatoms. The van der Waals surface area contributed by atoms with Gasteiger partial charge in [-0.25, -0.2) is 8.78 Å². The first-order valence-electron chi connectivity index (χ1n) is 7.60. The van der Waals surface area contributed by atoms with Crippen LogP contribution in [0.5, 0.6) is 0 Å². The molecular formula is C18H16F2N2O2. The summed E-state index contributed by atoms with van der Waals surface area (Å²) in [5.74, 6) is -3.06. The van der Waals surface area contributed by atoms with E-state index in [1.807, 2.05) is 0 Å². The second kappa shape index (κ2) is 6.39. The van der Waals surface area contributed by atoms with E-state index in [4.69, 9.17) is 0 Å². The summed E-state index contributed by atoms with van der Waals surface area (Å²) < 4.78 is 26.4. The van der Waals surface area contributed by atoms with E-state index in [-0.39, 0.29) is 18.2 Å². The normalized spacial score (nSPS) is 17.6. The monoisotopic (exact) mass is 330 g/mol. The number of anilines is 1. The number of benzene rings is 2. The molecule has 0 aliphatic carbocycles. The van der Waals surface area contributed by atoms with E-state index in [1.54, 1.807) is 31.2 Å². The van der Waals surface area contributed by atoms with Crippen LogP contribution < -0.4 is 10.6 Å². The smallest absolute Gasteiger partial charge is 0.228 e. The Morgan fingerprint density at radius 1 is 1.21 bits per heavy atom. The van der Waals surface area contributed by atoms with E-state index in [0.717, 1.165) is 17.7 Å². The highest BCUT2D eigenvalue weighted by molar-refractivity contribution is 6.01. The van der Waals surface area contributed by atoms with Gasteiger partial charge in [0.05, 0.1) is 12.0 Å². The average Bonchev–Trinajstić information content (AvgIpc) is 2.56. The van der Waals surface area contributed by atoms with E-state index < -0.39 is 23.6 Å². The first-order chi connectivity index (χ1) is 11.5. The molecule has 2 amide bonds. The van der Waals surface area contributed by atoms with Crippen LogP contribution in [0.3, 0.4) is 0 Å². The maximum Gasteiger partial charge on any atom is 0.228 e. The van der Waals surface area contributed by atoms with Gasteiger partial charge in [-0.15, -0.1) is 0 Å². The summed E-state index contributed by atoms with van der Waals surface area (Å²) in [6.07, 6.45) is 0.0490. The van der Waals surface area contributed by atoms with Crippen LogP contribution in [0.15, 0.2) is 42.5 Å². The van der Waals surface area contributed by atoms with Gasteiger partial charge in [0.1, 0.15) is 0 Å². The van der Waals surface area contributed by atoms with Crippen molar-refractivity contribution in [2.45, 2.75) is 25.3 Å². The van der Waals surface area contributed by atoms with Crippen molar-refractivity contribution in [2.75, 3.05) is 5.32 Å². The fraction of sp³-hybridized carbons (Fsp3) is 0.222. The Kier molecular flexibility index (Phi) is 4.29. The summed E-state index contributed by atoms with van der Waals surface area (Å²) in [7, 11) is 0. The zero-order valence-electron chi connectivity index (χ0n) is 13.0. The molecular weight excluding hydrogens is 314 g/mol. The van der Waals surface area contributed by atoms with Crippen LogP contribution in [0.1, 0.15) is 36.4 Å². The maximum absolute atomic E-state index is 13.3.